The monoisotopic (exact) mass is 586 g/mol. The Morgan fingerprint density at radius 3 is 1.45 bits per heavy atom. The normalized spacial score (nSPS) is 12.3. The fourth-order valence-electron chi connectivity index (χ4n) is 3.25. The molecule has 0 unspecified atom stereocenters. The molecule has 10 heteroatoms. The van der Waals surface area contributed by atoms with Crippen LogP contribution in [0.5, 0.6) is 0 Å². The van der Waals surface area contributed by atoms with Crippen molar-refractivity contribution in [3.05, 3.63) is 23.5 Å². The number of amides is 2. The molecule has 2 amide bonds. The minimum absolute atomic E-state index is 0.0576. The Morgan fingerprint density at radius 2 is 1.02 bits per heavy atom. The van der Waals surface area contributed by atoms with Crippen LogP contribution in [0.3, 0.4) is 0 Å². The zero-order chi connectivity index (χ0) is 32.8. The highest BCUT2D eigenvalue weighted by Gasteiger charge is 2.32. The molecule has 0 radical (unpaired) electrons. The highest BCUT2D eigenvalue weighted by Crippen LogP contribution is 2.28. The fourth-order valence-corrected chi connectivity index (χ4v) is 3.25. The summed E-state index contributed by atoms with van der Waals surface area (Å²) in [5.41, 5.74) is -0.485. The largest absolute Gasteiger partial charge is 0.310 e. The first-order chi connectivity index (χ1) is 19.1. The second kappa shape index (κ2) is 13.8. The van der Waals surface area contributed by atoms with Gasteiger partial charge in [0.1, 0.15) is 5.82 Å². The second-order valence-corrected chi connectivity index (χ2v) is 13.6. The minimum Gasteiger partial charge on any atom is -0.310 e. The van der Waals surface area contributed by atoms with Crippen molar-refractivity contribution in [2.75, 3.05) is 10.6 Å². The average Bonchev–Trinajstić information content (AvgIpc) is 3.48. The molecule has 236 valence electrons. The minimum atomic E-state index is -0.516. The maximum atomic E-state index is 12.6. The maximum absolute atomic E-state index is 12.6. The lowest BCUT2D eigenvalue weighted by molar-refractivity contribution is -0.124. The Kier molecular flexibility index (Phi) is 12.1. The number of nitrogens with one attached hydrogen (secondary N) is 2. The summed E-state index contributed by atoms with van der Waals surface area (Å²) in [4.78, 5) is 49.5. The third-order valence-electron chi connectivity index (χ3n) is 8.51. The molecule has 2 aromatic rings. The first-order valence-electron chi connectivity index (χ1n) is 15.0. The van der Waals surface area contributed by atoms with Gasteiger partial charge in [-0.05, 0) is 39.5 Å². The van der Waals surface area contributed by atoms with E-state index in [1.807, 2.05) is 96.9 Å². The molecule has 2 rings (SSSR count). The average molecular weight is 587 g/mol. The van der Waals surface area contributed by atoms with Crippen molar-refractivity contribution in [2.45, 2.75) is 123 Å². The van der Waals surface area contributed by atoms with Crippen LogP contribution in [-0.4, -0.2) is 43.2 Å². The molecule has 0 saturated heterocycles. The lowest BCUT2D eigenvalue weighted by Gasteiger charge is -2.24. The van der Waals surface area contributed by atoms with Crippen LogP contribution in [0.25, 0.3) is 0 Å². The van der Waals surface area contributed by atoms with Gasteiger partial charge < -0.3 is 10.6 Å². The number of aryl methyl sites for hydroxylation is 2. The van der Waals surface area contributed by atoms with E-state index in [2.05, 4.69) is 20.8 Å². The molecular weight excluding hydrogens is 532 g/mol. The summed E-state index contributed by atoms with van der Waals surface area (Å²) in [6.45, 7) is 26.6. The molecule has 0 bridgehead atoms. The molecule has 2 heterocycles. The van der Waals surface area contributed by atoms with Gasteiger partial charge in [-0.3, -0.25) is 19.2 Å². The molecule has 0 aliphatic rings. The number of hydrogen-bond acceptors (Lipinski definition) is 6. The van der Waals surface area contributed by atoms with E-state index in [1.165, 1.54) is 9.36 Å². The summed E-state index contributed by atoms with van der Waals surface area (Å²) in [5.74, 6) is 0.524. The molecule has 0 aliphatic carbocycles. The van der Waals surface area contributed by atoms with Crippen molar-refractivity contribution < 1.29 is 19.2 Å². The summed E-state index contributed by atoms with van der Waals surface area (Å²) in [5, 5.41) is 14.1. The number of carbonyl (C=O) groups excluding carboxylic acids is 4. The van der Waals surface area contributed by atoms with Gasteiger partial charge in [-0.1, -0.05) is 83.1 Å². The van der Waals surface area contributed by atoms with Crippen molar-refractivity contribution in [3.63, 3.8) is 0 Å². The van der Waals surface area contributed by atoms with E-state index in [-0.39, 0.29) is 23.6 Å². The van der Waals surface area contributed by atoms with Gasteiger partial charge in [-0.25, -0.2) is 4.68 Å². The molecule has 0 spiro atoms. The van der Waals surface area contributed by atoms with Gasteiger partial charge in [-0.15, -0.1) is 5.10 Å². The summed E-state index contributed by atoms with van der Waals surface area (Å²) in [6, 6.07) is 3.46. The molecule has 10 nitrogen and oxygen atoms in total. The molecule has 0 saturated carbocycles. The van der Waals surface area contributed by atoms with Crippen molar-refractivity contribution in [1.29, 1.82) is 0 Å². The van der Waals surface area contributed by atoms with E-state index in [9.17, 15) is 19.2 Å². The lowest BCUT2D eigenvalue weighted by Crippen LogP contribution is -2.34. The van der Waals surface area contributed by atoms with Gasteiger partial charge in [0.2, 0.25) is 11.8 Å². The molecule has 0 fully saturated rings. The first kappa shape index (κ1) is 36.7. The topological polar surface area (TPSA) is 128 Å². The van der Waals surface area contributed by atoms with Gasteiger partial charge in [0.25, 0.3) is 11.8 Å². The van der Waals surface area contributed by atoms with Gasteiger partial charge in [-0.2, -0.15) is 9.78 Å². The van der Waals surface area contributed by atoms with Gasteiger partial charge in [0, 0.05) is 39.5 Å². The number of anilines is 2. The van der Waals surface area contributed by atoms with Crippen LogP contribution in [0.15, 0.2) is 12.1 Å². The van der Waals surface area contributed by atoms with E-state index in [0.29, 0.717) is 23.8 Å². The van der Waals surface area contributed by atoms with E-state index < -0.39 is 21.7 Å². The molecule has 42 heavy (non-hydrogen) atoms. The van der Waals surface area contributed by atoms with Crippen molar-refractivity contribution in [3.8, 4) is 0 Å². The molecule has 0 atom stereocenters. The van der Waals surface area contributed by atoms with Crippen molar-refractivity contribution in [2.24, 2.45) is 21.7 Å². The SMILES string of the molecule is CCC(C)(C)C(=O)Nc1cc(C)n(C(=O)C(C)(C)CC)n1.CCC(C)(C)C(=O)Nc1cc(C)nn1C(=O)C(C)(C)CC. The number of hydrogen-bond donors (Lipinski definition) is 2. The second-order valence-electron chi connectivity index (χ2n) is 13.6. The summed E-state index contributed by atoms with van der Waals surface area (Å²) in [7, 11) is 0. The zero-order valence-electron chi connectivity index (χ0n) is 28.4. The van der Waals surface area contributed by atoms with E-state index in [4.69, 9.17) is 0 Å². The summed E-state index contributed by atoms with van der Waals surface area (Å²) in [6.07, 6.45) is 2.90. The predicted octanol–water partition coefficient (Wildman–Crippen LogP) is 7.29. The quantitative estimate of drug-likeness (QED) is 0.301. The Balaban J connectivity index is 0.000000420. The smallest absolute Gasteiger partial charge is 0.254 e. The van der Waals surface area contributed by atoms with Crippen molar-refractivity contribution in [1.82, 2.24) is 19.6 Å². The molecule has 0 aliphatic heterocycles. The van der Waals surface area contributed by atoms with Gasteiger partial charge >= 0.3 is 0 Å². The summed E-state index contributed by atoms with van der Waals surface area (Å²) < 4.78 is 2.71. The van der Waals surface area contributed by atoms with Crippen LogP contribution in [0.4, 0.5) is 11.6 Å². The number of nitrogens with zero attached hydrogens (tertiary/aromatic N) is 4. The van der Waals surface area contributed by atoms with Crippen LogP contribution in [0.1, 0.15) is 130 Å². The van der Waals surface area contributed by atoms with Crippen LogP contribution in [0, 0.1) is 35.5 Å². The maximum Gasteiger partial charge on any atom is 0.254 e. The Morgan fingerprint density at radius 1 is 0.619 bits per heavy atom. The van der Waals surface area contributed by atoms with Crippen molar-refractivity contribution >= 4 is 35.3 Å². The third-order valence-corrected chi connectivity index (χ3v) is 8.51. The zero-order valence-corrected chi connectivity index (χ0v) is 28.4. The van der Waals surface area contributed by atoms with Crippen LogP contribution in [-0.2, 0) is 9.59 Å². The number of aromatic nitrogens is 4. The number of rotatable bonds is 10. The Bertz CT molecular complexity index is 1280. The highest BCUT2D eigenvalue weighted by atomic mass is 16.2. The Labute approximate surface area is 252 Å². The van der Waals surface area contributed by atoms with E-state index >= 15 is 0 Å². The predicted molar refractivity (Wildman–Crippen MR) is 169 cm³/mol. The molecule has 0 aromatic carbocycles. The molecular formula is C32H54N6O4. The summed E-state index contributed by atoms with van der Waals surface area (Å²) >= 11 is 0. The first-order valence-corrected chi connectivity index (χ1v) is 15.0. The van der Waals surface area contributed by atoms with Crippen LogP contribution < -0.4 is 10.6 Å². The molecule has 2 N–H and O–H groups in total. The Hall–Kier alpha value is -3.30. The van der Waals surface area contributed by atoms with Crippen LogP contribution in [0.2, 0.25) is 0 Å². The highest BCUT2D eigenvalue weighted by molar-refractivity contribution is 5.97. The van der Waals surface area contributed by atoms with Gasteiger partial charge in [0.15, 0.2) is 5.82 Å². The lowest BCUT2D eigenvalue weighted by atomic mass is 9.89. The standard InChI is InChI=1S/2C16H27N3O2/c1-8-15(4,5)13(20)17-12-10-11(3)19(18-12)14(21)16(6,7)9-2;1-8-15(4,5)13(20)17-12-10-11(3)18-19(12)14(21)16(6,7)9-2/h10H,8-9H2,1-7H3,(H,17,18,20);10H,8-9H2,1-7H3,(H,17,20). The number of carbonyl (C=O) groups is 4. The van der Waals surface area contributed by atoms with Crippen LogP contribution >= 0.6 is 0 Å². The third kappa shape index (κ3) is 8.85. The fraction of sp³-hybridized carbons (Fsp3) is 0.688. The van der Waals surface area contributed by atoms with E-state index in [0.717, 1.165) is 25.0 Å². The van der Waals surface area contributed by atoms with E-state index in [1.54, 1.807) is 12.1 Å². The van der Waals surface area contributed by atoms with Gasteiger partial charge in [0.05, 0.1) is 5.69 Å². The molecule has 2 aromatic heterocycles.